The van der Waals surface area contributed by atoms with E-state index in [4.69, 9.17) is 13.6 Å². The average molecular weight is 344 g/mol. The molecule has 3 aliphatic rings. The van der Waals surface area contributed by atoms with Gasteiger partial charge in [0.05, 0.1) is 24.7 Å². The summed E-state index contributed by atoms with van der Waals surface area (Å²) in [5, 5.41) is 19.6. The summed E-state index contributed by atoms with van der Waals surface area (Å²) in [5.74, 6) is -1.90. The zero-order chi connectivity index (χ0) is 17.4. The molecule has 0 spiro atoms. The van der Waals surface area contributed by atoms with Gasteiger partial charge in [0.2, 0.25) is 0 Å². The molecule has 2 heterocycles. The standard InChI is InChI=1S/C16H28O6Si/c1-15(2,3)23(16(4,5)6)20-7-8-12(22-23)11(17)9-10(14(18)19)13(9)21-8/h8-13,17H,7H2,1-6H3,(H,18,19)/t8-,9+,10-,11-,12+,13?/m1/s1. The third-order valence-corrected chi connectivity index (χ3v) is 10.6. The van der Waals surface area contributed by atoms with Crippen LogP contribution in [0.4, 0.5) is 0 Å². The maximum Gasteiger partial charge on any atom is 0.349 e. The molecule has 0 amide bonds. The minimum absolute atomic E-state index is 0.178. The highest BCUT2D eigenvalue weighted by atomic mass is 28.4. The van der Waals surface area contributed by atoms with Crippen LogP contribution >= 0.6 is 0 Å². The molecule has 1 saturated carbocycles. The predicted octanol–water partition coefficient (Wildman–Crippen LogP) is 1.90. The van der Waals surface area contributed by atoms with Crippen molar-refractivity contribution in [1.82, 2.24) is 0 Å². The second-order valence-electron chi connectivity index (χ2n) is 9.08. The van der Waals surface area contributed by atoms with Crippen LogP contribution in [0.15, 0.2) is 0 Å². The topological polar surface area (TPSA) is 85.2 Å². The number of ether oxygens (including phenoxy) is 1. The summed E-state index contributed by atoms with van der Waals surface area (Å²) >= 11 is 0. The SMILES string of the molecule is CC(C)(C)[Si]1(C(C)(C)C)OC[C@H]2OC3[C@H]([C@@H](O)[C@H]2O1)[C@H]3C(=O)O. The van der Waals surface area contributed by atoms with Crippen LogP contribution < -0.4 is 0 Å². The minimum Gasteiger partial charge on any atom is -0.481 e. The minimum atomic E-state index is -2.68. The van der Waals surface area contributed by atoms with Crippen molar-refractivity contribution in [2.24, 2.45) is 11.8 Å². The van der Waals surface area contributed by atoms with E-state index in [-0.39, 0.29) is 22.1 Å². The molecule has 0 aromatic rings. The first-order valence-corrected chi connectivity index (χ1v) is 10.1. The van der Waals surface area contributed by atoms with Gasteiger partial charge in [0, 0.05) is 16.0 Å². The summed E-state index contributed by atoms with van der Waals surface area (Å²) in [5.41, 5.74) is 0. The highest BCUT2D eigenvalue weighted by Crippen LogP contribution is 2.58. The third-order valence-electron chi connectivity index (χ3n) is 5.45. The summed E-state index contributed by atoms with van der Waals surface area (Å²) in [6.07, 6.45) is -2.10. The van der Waals surface area contributed by atoms with Crippen LogP contribution in [-0.2, 0) is 18.4 Å². The van der Waals surface area contributed by atoms with Crippen LogP contribution in [0.25, 0.3) is 0 Å². The van der Waals surface area contributed by atoms with Gasteiger partial charge in [0.15, 0.2) is 0 Å². The summed E-state index contributed by atoms with van der Waals surface area (Å²) < 4.78 is 18.7. The number of carbonyl (C=O) groups is 1. The van der Waals surface area contributed by atoms with Gasteiger partial charge in [0.25, 0.3) is 0 Å². The van der Waals surface area contributed by atoms with Gasteiger partial charge >= 0.3 is 14.5 Å². The van der Waals surface area contributed by atoms with Crippen LogP contribution in [0, 0.1) is 11.8 Å². The van der Waals surface area contributed by atoms with Gasteiger partial charge in [-0.2, -0.15) is 0 Å². The van der Waals surface area contributed by atoms with Crippen molar-refractivity contribution in [3.05, 3.63) is 0 Å². The van der Waals surface area contributed by atoms with E-state index in [1.54, 1.807) is 0 Å². The molecule has 2 saturated heterocycles. The molecule has 1 unspecified atom stereocenters. The van der Waals surface area contributed by atoms with E-state index in [1.165, 1.54) is 0 Å². The van der Waals surface area contributed by atoms with Crippen molar-refractivity contribution < 1.29 is 28.6 Å². The summed E-state index contributed by atoms with van der Waals surface area (Å²) in [6.45, 7) is 13.0. The molecule has 3 fully saturated rings. The fraction of sp³-hybridized carbons (Fsp3) is 0.938. The van der Waals surface area contributed by atoms with E-state index in [9.17, 15) is 15.0 Å². The Morgan fingerprint density at radius 1 is 1.09 bits per heavy atom. The Hall–Kier alpha value is -0.473. The molecule has 2 aliphatic heterocycles. The van der Waals surface area contributed by atoms with Crippen LogP contribution in [0.1, 0.15) is 41.5 Å². The van der Waals surface area contributed by atoms with Crippen molar-refractivity contribution in [2.75, 3.05) is 6.61 Å². The molecule has 2 N–H and O–H groups in total. The fourth-order valence-corrected chi connectivity index (χ4v) is 9.49. The van der Waals surface area contributed by atoms with Gasteiger partial charge in [-0.1, -0.05) is 41.5 Å². The number of carboxylic acid groups (broad SMARTS) is 1. The molecule has 132 valence electrons. The van der Waals surface area contributed by atoms with Crippen LogP contribution in [0.5, 0.6) is 0 Å². The number of aliphatic hydroxyl groups excluding tert-OH is 1. The number of fused-ring (bicyclic) bond motifs is 2. The lowest BCUT2D eigenvalue weighted by Crippen LogP contribution is -2.68. The van der Waals surface area contributed by atoms with Crippen molar-refractivity contribution >= 4 is 14.5 Å². The Balaban J connectivity index is 1.89. The smallest absolute Gasteiger partial charge is 0.349 e. The van der Waals surface area contributed by atoms with Gasteiger partial charge in [-0.15, -0.1) is 0 Å². The molecule has 6 nitrogen and oxygen atoms in total. The summed E-state index contributed by atoms with van der Waals surface area (Å²) in [7, 11) is -2.68. The number of aliphatic carboxylic acids is 1. The van der Waals surface area contributed by atoms with Gasteiger partial charge in [0.1, 0.15) is 12.2 Å². The van der Waals surface area contributed by atoms with Crippen LogP contribution in [0.3, 0.4) is 0 Å². The average Bonchev–Trinajstić information content (AvgIpc) is 3.10. The maximum absolute atomic E-state index is 11.3. The van der Waals surface area contributed by atoms with E-state index in [0.29, 0.717) is 6.61 Å². The molecule has 0 radical (unpaired) electrons. The molecule has 0 aromatic heterocycles. The first-order valence-electron chi connectivity index (χ1n) is 8.29. The van der Waals surface area contributed by atoms with Gasteiger partial charge in [-0.05, 0) is 0 Å². The molecular weight excluding hydrogens is 316 g/mol. The molecule has 0 bridgehead atoms. The molecule has 6 atom stereocenters. The first-order chi connectivity index (χ1) is 10.4. The predicted molar refractivity (Wildman–Crippen MR) is 85.3 cm³/mol. The molecule has 23 heavy (non-hydrogen) atoms. The molecule has 3 rings (SSSR count). The Morgan fingerprint density at radius 2 is 1.65 bits per heavy atom. The van der Waals surface area contributed by atoms with Crippen LogP contribution in [-0.4, -0.2) is 55.8 Å². The highest BCUT2D eigenvalue weighted by molar-refractivity contribution is 6.73. The zero-order valence-corrected chi connectivity index (χ0v) is 15.7. The Labute approximate surface area is 138 Å². The van der Waals surface area contributed by atoms with Crippen molar-refractivity contribution in [2.45, 2.75) is 76.0 Å². The van der Waals surface area contributed by atoms with E-state index in [0.717, 1.165) is 0 Å². The number of hydrogen-bond acceptors (Lipinski definition) is 5. The van der Waals surface area contributed by atoms with E-state index >= 15 is 0 Å². The lowest BCUT2D eigenvalue weighted by Gasteiger charge is -2.56. The van der Waals surface area contributed by atoms with Crippen molar-refractivity contribution in [3.8, 4) is 0 Å². The van der Waals surface area contributed by atoms with Crippen molar-refractivity contribution in [1.29, 1.82) is 0 Å². The summed E-state index contributed by atoms with van der Waals surface area (Å²) in [4.78, 5) is 11.3. The van der Waals surface area contributed by atoms with Crippen molar-refractivity contribution in [3.63, 3.8) is 0 Å². The second-order valence-corrected chi connectivity index (χ2v) is 13.8. The Kier molecular flexibility index (Phi) is 3.78. The zero-order valence-electron chi connectivity index (χ0n) is 14.7. The van der Waals surface area contributed by atoms with E-state index in [2.05, 4.69) is 41.5 Å². The summed E-state index contributed by atoms with van der Waals surface area (Å²) in [6, 6.07) is 0. The monoisotopic (exact) mass is 344 g/mol. The van der Waals surface area contributed by atoms with Gasteiger partial charge in [-0.25, -0.2) is 0 Å². The molecule has 7 heteroatoms. The number of hydrogen-bond donors (Lipinski definition) is 2. The molecule has 1 aliphatic carbocycles. The largest absolute Gasteiger partial charge is 0.481 e. The van der Waals surface area contributed by atoms with E-state index in [1.807, 2.05) is 0 Å². The van der Waals surface area contributed by atoms with Crippen LogP contribution in [0.2, 0.25) is 10.1 Å². The molecule has 0 aromatic carbocycles. The number of rotatable bonds is 1. The quantitative estimate of drug-likeness (QED) is 0.707. The third kappa shape index (κ3) is 2.40. The second kappa shape index (κ2) is 5.02. The fourth-order valence-electron chi connectivity index (χ4n) is 4.53. The highest BCUT2D eigenvalue weighted by Gasteiger charge is 2.70. The van der Waals surface area contributed by atoms with Gasteiger partial charge < -0.3 is 23.8 Å². The normalized spacial score (nSPS) is 42.6. The Bertz CT molecular complexity index is 494. The Morgan fingerprint density at radius 3 is 2.13 bits per heavy atom. The number of aliphatic hydroxyl groups is 1. The maximum atomic E-state index is 11.3. The first kappa shape index (κ1) is 17.4. The number of carboxylic acids is 1. The van der Waals surface area contributed by atoms with Gasteiger partial charge in [-0.3, -0.25) is 4.79 Å². The lowest BCUT2D eigenvalue weighted by atomic mass is 10.0. The van der Waals surface area contributed by atoms with E-state index < -0.39 is 38.8 Å². The molecular formula is C16H28O6Si. The lowest BCUT2D eigenvalue weighted by molar-refractivity contribution is -0.179.